The smallest absolute Gasteiger partial charge is 0.411 e. The van der Waals surface area contributed by atoms with Crippen LogP contribution in [-0.2, 0) is 16.8 Å². The summed E-state index contributed by atoms with van der Waals surface area (Å²) in [6.45, 7) is 4.50. The molecule has 2 N–H and O–H groups in total. The number of halogens is 1. The van der Waals surface area contributed by atoms with E-state index in [0.29, 0.717) is 23.6 Å². The molecule has 1 aromatic carbocycles. The van der Waals surface area contributed by atoms with Crippen molar-refractivity contribution in [1.29, 1.82) is 0 Å². The average Bonchev–Trinajstić information content (AvgIpc) is 3.32. The first-order valence-electron chi connectivity index (χ1n) is 10.9. The molecule has 4 rings (SSSR count). The lowest BCUT2D eigenvalue weighted by Gasteiger charge is -2.33. The summed E-state index contributed by atoms with van der Waals surface area (Å²) in [5, 5.41) is 9.85. The van der Waals surface area contributed by atoms with Crippen molar-refractivity contribution in [1.82, 2.24) is 25.0 Å². The number of benzene rings is 1. The lowest BCUT2D eigenvalue weighted by Crippen LogP contribution is -2.42. The van der Waals surface area contributed by atoms with Crippen LogP contribution in [0.15, 0.2) is 48.7 Å². The number of H-pyrrole nitrogens is 1. The molecular formula is C24H27FN6O3. The van der Waals surface area contributed by atoms with E-state index in [1.807, 2.05) is 63.2 Å². The number of ether oxygens (including phenoxy) is 1. The highest BCUT2D eigenvalue weighted by atomic mass is 19.1. The summed E-state index contributed by atoms with van der Waals surface area (Å²) in [7, 11) is 3.84. The number of anilines is 1. The highest BCUT2D eigenvalue weighted by Gasteiger charge is 2.45. The van der Waals surface area contributed by atoms with Gasteiger partial charge in [0.2, 0.25) is 0 Å². The number of hydrogen-bond donors (Lipinski definition) is 2. The van der Waals surface area contributed by atoms with Gasteiger partial charge in [-0.25, -0.2) is 14.2 Å². The van der Waals surface area contributed by atoms with Gasteiger partial charge >= 0.3 is 6.09 Å². The molecule has 34 heavy (non-hydrogen) atoms. The Balaban J connectivity index is 1.52. The minimum atomic E-state index is -0.740. The molecule has 1 atom stereocenters. The molecule has 3 heterocycles. The molecule has 1 aliphatic heterocycles. The maximum absolute atomic E-state index is 13.3. The second kappa shape index (κ2) is 9.22. The molecule has 178 valence electrons. The Kier molecular flexibility index (Phi) is 6.34. The quantitative estimate of drug-likeness (QED) is 0.574. The number of amides is 2. The third-order valence-corrected chi connectivity index (χ3v) is 5.83. The second-order valence-electron chi connectivity index (χ2n) is 8.93. The Morgan fingerprint density at radius 1 is 1.24 bits per heavy atom. The molecule has 1 aliphatic rings. The Hall–Kier alpha value is -3.79. The number of aromatic amines is 1. The fourth-order valence-electron chi connectivity index (χ4n) is 3.99. The number of likely N-dealkylation sites (N-methyl/N-ethyl adjacent to an activating group) is 1. The number of rotatable bonds is 6. The standard InChI is InChI=1S/C24H27FN6O3/c1-24(2)20-17(21(29-28-20)27-22(32)18-11-10-16(25)12-26-18)13-31(24)23(33)34-19(14-30(3)4)15-8-6-5-7-9-15/h5-12,19H,13-14H2,1-4H3,(H2,27,28,29,32)/t19-/m1/s1. The first-order valence-corrected chi connectivity index (χ1v) is 10.9. The summed E-state index contributed by atoms with van der Waals surface area (Å²) >= 11 is 0. The summed E-state index contributed by atoms with van der Waals surface area (Å²) in [4.78, 5) is 33.2. The number of fused-ring (bicyclic) bond motifs is 1. The van der Waals surface area contributed by atoms with E-state index < -0.39 is 29.5 Å². The molecule has 0 bridgehead atoms. The summed E-state index contributed by atoms with van der Waals surface area (Å²) in [5.41, 5.74) is 1.61. The molecule has 0 saturated carbocycles. The van der Waals surface area contributed by atoms with E-state index >= 15 is 0 Å². The summed E-state index contributed by atoms with van der Waals surface area (Å²) in [6.07, 6.45) is 0.0600. The Morgan fingerprint density at radius 2 is 1.97 bits per heavy atom. The van der Waals surface area contributed by atoms with Crippen molar-refractivity contribution in [2.24, 2.45) is 0 Å². The molecule has 9 nitrogen and oxygen atoms in total. The lowest BCUT2D eigenvalue weighted by atomic mass is 10.0. The van der Waals surface area contributed by atoms with Crippen LogP contribution in [0.1, 0.15) is 47.3 Å². The van der Waals surface area contributed by atoms with Gasteiger partial charge in [0.25, 0.3) is 5.91 Å². The van der Waals surface area contributed by atoms with E-state index in [2.05, 4.69) is 20.5 Å². The minimum absolute atomic E-state index is 0.0565. The predicted molar refractivity (Wildman–Crippen MR) is 124 cm³/mol. The zero-order valence-corrected chi connectivity index (χ0v) is 19.5. The molecule has 0 aliphatic carbocycles. The Bertz CT molecular complexity index is 1180. The Labute approximate surface area is 196 Å². The number of aromatic nitrogens is 3. The van der Waals surface area contributed by atoms with Crippen molar-refractivity contribution in [2.45, 2.75) is 32.0 Å². The molecule has 0 spiro atoms. The first-order chi connectivity index (χ1) is 16.2. The van der Waals surface area contributed by atoms with Crippen LogP contribution in [0.2, 0.25) is 0 Å². The predicted octanol–water partition coefficient (Wildman–Crippen LogP) is 3.69. The van der Waals surface area contributed by atoms with Gasteiger partial charge in [-0.1, -0.05) is 30.3 Å². The summed E-state index contributed by atoms with van der Waals surface area (Å²) < 4.78 is 19.1. The van der Waals surface area contributed by atoms with Gasteiger partial charge in [-0.2, -0.15) is 5.10 Å². The van der Waals surface area contributed by atoms with Crippen molar-refractivity contribution >= 4 is 17.8 Å². The van der Waals surface area contributed by atoms with Crippen molar-refractivity contribution < 1.29 is 18.7 Å². The number of carbonyl (C=O) groups excluding carboxylic acids is 2. The average molecular weight is 467 g/mol. The molecule has 10 heteroatoms. The van der Waals surface area contributed by atoms with Crippen LogP contribution in [0.5, 0.6) is 0 Å². The van der Waals surface area contributed by atoms with Gasteiger partial charge in [-0.3, -0.25) is 14.8 Å². The molecule has 0 saturated heterocycles. The minimum Gasteiger partial charge on any atom is -0.440 e. The molecular weight excluding hydrogens is 439 g/mol. The fourth-order valence-corrected chi connectivity index (χ4v) is 3.99. The van der Waals surface area contributed by atoms with Gasteiger partial charge in [0, 0.05) is 12.1 Å². The zero-order valence-electron chi connectivity index (χ0n) is 19.5. The van der Waals surface area contributed by atoms with Crippen LogP contribution in [0.3, 0.4) is 0 Å². The number of pyridine rings is 1. The van der Waals surface area contributed by atoms with Crippen molar-refractivity contribution in [2.75, 3.05) is 26.0 Å². The van der Waals surface area contributed by atoms with Crippen LogP contribution in [0.25, 0.3) is 0 Å². The van der Waals surface area contributed by atoms with E-state index in [4.69, 9.17) is 4.74 Å². The SMILES string of the molecule is CN(C)C[C@@H](OC(=O)N1Cc2c(NC(=O)c3ccc(F)cn3)n[nH]c2C1(C)C)c1ccccc1. The molecule has 2 amide bonds. The van der Waals surface area contributed by atoms with E-state index in [1.54, 1.807) is 4.90 Å². The van der Waals surface area contributed by atoms with E-state index in [1.165, 1.54) is 6.07 Å². The topological polar surface area (TPSA) is 103 Å². The molecule has 0 radical (unpaired) electrons. The number of nitrogens with zero attached hydrogens (tertiary/aromatic N) is 4. The van der Waals surface area contributed by atoms with Crippen molar-refractivity contribution in [3.05, 3.63) is 77.0 Å². The summed E-state index contributed by atoms with van der Waals surface area (Å²) in [5.74, 6) is -0.762. The number of carbonyl (C=O) groups is 2. The van der Waals surface area contributed by atoms with Gasteiger partial charge in [-0.05, 0) is 45.6 Å². The Morgan fingerprint density at radius 3 is 2.62 bits per heavy atom. The largest absolute Gasteiger partial charge is 0.440 e. The summed E-state index contributed by atoms with van der Waals surface area (Å²) in [6, 6.07) is 12.0. The molecule has 0 fully saturated rings. The maximum atomic E-state index is 13.3. The van der Waals surface area contributed by atoms with E-state index in [-0.39, 0.29) is 12.2 Å². The van der Waals surface area contributed by atoms with Crippen LogP contribution >= 0.6 is 0 Å². The van der Waals surface area contributed by atoms with Crippen molar-refractivity contribution in [3.8, 4) is 0 Å². The molecule has 2 aromatic heterocycles. The number of nitrogens with one attached hydrogen (secondary N) is 2. The van der Waals surface area contributed by atoms with Crippen LogP contribution in [-0.4, -0.2) is 57.6 Å². The number of hydrogen-bond acceptors (Lipinski definition) is 6. The monoisotopic (exact) mass is 466 g/mol. The van der Waals surface area contributed by atoms with Crippen LogP contribution < -0.4 is 5.32 Å². The van der Waals surface area contributed by atoms with Gasteiger partial charge in [0.05, 0.1) is 24.0 Å². The normalized spacial score (nSPS) is 15.2. The van der Waals surface area contributed by atoms with Gasteiger partial charge in [0.15, 0.2) is 5.82 Å². The maximum Gasteiger partial charge on any atom is 0.411 e. The second-order valence-corrected chi connectivity index (χ2v) is 8.93. The van der Waals surface area contributed by atoms with E-state index in [0.717, 1.165) is 17.8 Å². The highest BCUT2D eigenvalue weighted by Crippen LogP contribution is 2.41. The third kappa shape index (κ3) is 4.62. The van der Waals surface area contributed by atoms with E-state index in [9.17, 15) is 14.0 Å². The van der Waals surface area contributed by atoms with Crippen LogP contribution in [0, 0.1) is 5.82 Å². The van der Waals surface area contributed by atoms with Gasteiger partial charge in [-0.15, -0.1) is 0 Å². The van der Waals surface area contributed by atoms with Crippen LogP contribution in [0.4, 0.5) is 15.0 Å². The highest BCUT2D eigenvalue weighted by molar-refractivity contribution is 6.02. The first kappa shape index (κ1) is 23.4. The fraction of sp³-hybridized carbons (Fsp3) is 0.333. The molecule has 0 unspecified atom stereocenters. The van der Waals surface area contributed by atoms with Gasteiger partial charge < -0.3 is 15.0 Å². The lowest BCUT2D eigenvalue weighted by molar-refractivity contribution is 0.0259. The van der Waals surface area contributed by atoms with Crippen molar-refractivity contribution in [3.63, 3.8) is 0 Å². The zero-order chi connectivity index (χ0) is 24.5. The van der Waals surface area contributed by atoms with Gasteiger partial charge in [0.1, 0.15) is 17.6 Å². The molecule has 3 aromatic rings. The third-order valence-electron chi connectivity index (χ3n) is 5.83.